The van der Waals surface area contributed by atoms with Crippen LogP contribution in [0, 0.1) is 5.82 Å². The number of H-pyrrole nitrogens is 1. The number of ether oxygens (including phenoxy) is 1. The molecule has 2 heterocycles. The maximum atomic E-state index is 13.6. The van der Waals surface area contributed by atoms with Gasteiger partial charge in [-0.25, -0.2) is 14.4 Å². The van der Waals surface area contributed by atoms with Crippen LogP contribution in [0.25, 0.3) is 22.2 Å². The van der Waals surface area contributed by atoms with E-state index in [9.17, 15) is 9.18 Å². The Morgan fingerprint density at radius 1 is 1.21 bits per heavy atom. The van der Waals surface area contributed by atoms with Crippen molar-refractivity contribution in [2.24, 2.45) is 0 Å². The number of methoxy groups -OCH3 is 1. The summed E-state index contributed by atoms with van der Waals surface area (Å²) in [6.07, 6.45) is 3.21. The van der Waals surface area contributed by atoms with E-state index in [-0.39, 0.29) is 17.5 Å². The van der Waals surface area contributed by atoms with Gasteiger partial charge in [-0.15, -0.1) is 0 Å². The van der Waals surface area contributed by atoms with Crippen molar-refractivity contribution in [3.8, 4) is 16.9 Å². The average molecular weight is 408 g/mol. The molecule has 2 aromatic heterocycles. The van der Waals surface area contributed by atoms with Crippen LogP contribution < -0.4 is 10.1 Å². The van der Waals surface area contributed by atoms with Gasteiger partial charge in [-0.3, -0.25) is 4.79 Å². The molecule has 0 fully saturated rings. The van der Waals surface area contributed by atoms with Gasteiger partial charge in [-0.1, -0.05) is 36.0 Å². The van der Waals surface area contributed by atoms with Crippen molar-refractivity contribution in [2.45, 2.75) is 5.03 Å². The van der Waals surface area contributed by atoms with Crippen molar-refractivity contribution in [3.05, 3.63) is 66.9 Å². The van der Waals surface area contributed by atoms with E-state index in [0.717, 1.165) is 11.1 Å². The number of carbonyl (C=O) groups excluding carboxylic acids is 1. The zero-order chi connectivity index (χ0) is 20.2. The van der Waals surface area contributed by atoms with E-state index in [1.54, 1.807) is 31.5 Å². The van der Waals surface area contributed by atoms with Gasteiger partial charge in [0, 0.05) is 11.8 Å². The molecule has 0 aliphatic heterocycles. The second-order valence-corrected chi connectivity index (χ2v) is 7.12. The van der Waals surface area contributed by atoms with Gasteiger partial charge in [0.15, 0.2) is 0 Å². The zero-order valence-electron chi connectivity index (χ0n) is 15.5. The third-order valence-electron chi connectivity index (χ3n) is 4.29. The van der Waals surface area contributed by atoms with Gasteiger partial charge in [0.25, 0.3) is 0 Å². The fourth-order valence-electron chi connectivity index (χ4n) is 2.97. The molecule has 2 aromatic carbocycles. The number of aromatic nitrogens is 3. The summed E-state index contributed by atoms with van der Waals surface area (Å²) in [6, 6.07) is 13.6. The van der Waals surface area contributed by atoms with E-state index in [0.29, 0.717) is 27.5 Å². The number of benzene rings is 2. The topological polar surface area (TPSA) is 79.9 Å². The summed E-state index contributed by atoms with van der Waals surface area (Å²) in [6.45, 7) is 0. The number of nitrogens with zero attached hydrogens (tertiary/aromatic N) is 2. The van der Waals surface area contributed by atoms with Crippen molar-refractivity contribution in [3.63, 3.8) is 0 Å². The average Bonchev–Trinajstić information content (AvgIpc) is 3.17. The number of nitrogens with one attached hydrogen (secondary N) is 2. The summed E-state index contributed by atoms with van der Waals surface area (Å²) in [5.41, 5.74) is 3.50. The van der Waals surface area contributed by atoms with Crippen LogP contribution in [0.2, 0.25) is 0 Å². The predicted molar refractivity (Wildman–Crippen MR) is 112 cm³/mol. The number of carbonyl (C=O) groups is 1. The van der Waals surface area contributed by atoms with E-state index >= 15 is 0 Å². The van der Waals surface area contributed by atoms with Gasteiger partial charge < -0.3 is 15.0 Å². The van der Waals surface area contributed by atoms with Crippen LogP contribution in [-0.2, 0) is 4.79 Å². The molecule has 0 radical (unpaired) electrons. The van der Waals surface area contributed by atoms with Crippen molar-refractivity contribution in [1.82, 2.24) is 15.0 Å². The molecule has 0 aliphatic rings. The zero-order valence-corrected chi connectivity index (χ0v) is 16.3. The fourth-order valence-corrected chi connectivity index (χ4v) is 3.73. The standard InChI is InChI=1S/C21H17FN4O2S/c1-28-17-8-3-2-7-16(17)26-18(27)11-29-21-20-19(24-12-25-21)15(10-23-20)13-5-4-6-14(22)9-13/h2-10,12,23H,11H2,1H3,(H,26,27). The number of hydrogen-bond donors (Lipinski definition) is 2. The lowest BCUT2D eigenvalue weighted by Gasteiger charge is -2.09. The highest BCUT2D eigenvalue weighted by atomic mass is 32.2. The molecule has 0 saturated carbocycles. The summed E-state index contributed by atoms with van der Waals surface area (Å²) < 4.78 is 18.8. The lowest BCUT2D eigenvalue weighted by atomic mass is 10.1. The Morgan fingerprint density at radius 3 is 2.90 bits per heavy atom. The van der Waals surface area contributed by atoms with Crippen LogP contribution in [0.4, 0.5) is 10.1 Å². The number of halogens is 1. The maximum absolute atomic E-state index is 13.6. The number of thioether (sulfide) groups is 1. The number of hydrogen-bond acceptors (Lipinski definition) is 5. The summed E-state index contributed by atoms with van der Waals surface area (Å²) in [5, 5.41) is 3.48. The number of fused-ring (bicyclic) bond motifs is 1. The summed E-state index contributed by atoms with van der Waals surface area (Å²) in [4.78, 5) is 24.1. The molecule has 2 N–H and O–H groups in total. The molecular formula is C21H17FN4O2S. The minimum atomic E-state index is -0.312. The van der Waals surface area contributed by atoms with Crippen molar-refractivity contribution >= 4 is 34.4 Å². The molecule has 29 heavy (non-hydrogen) atoms. The molecule has 4 rings (SSSR count). The van der Waals surface area contributed by atoms with Gasteiger partial charge in [-0.05, 0) is 29.8 Å². The first-order valence-electron chi connectivity index (χ1n) is 8.79. The van der Waals surface area contributed by atoms with E-state index < -0.39 is 0 Å². The number of para-hydroxylation sites is 2. The van der Waals surface area contributed by atoms with Crippen LogP contribution >= 0.6 is 11.8 Å². The van der Waals surface area contributed by atoms with Gasteiger partial charge in [0.2, 0.25) is 5.91 Å². The van der Waals surface area contributed by atoms with Gasteiger partial charge in [-0.2, -0.15) is 0 Å². The minimum Gasteiger partial charge on any atom is -0.495 e. The Morgan fingerprint density at radius 2 is 2.07 bits per heavy atom. The maximum Gasteiger partial charge on any atom is 0.234 e. The molecule has 0 unspecified atom stereocenters. The van der Waals surface area contributed by atoms with Gasteiger partial charge in [0.1, 0.15) is 28.4 Å². The molecule has 8 heteroatoms. The Hall–Kier alpha value is -3.39. The largest absolute Gasteiger partial charge is 0.495 e. The summed E-state index contributed by atoms with van der Waals surface area (Å²) in [5.74, 6) is 0.273. The Bertz CT molecular complexity index is 1180. The fraction of sp³-hybridized carbons (Fsp3) is 0.0952. The lowest BCUT2D eigenvalue weighted by molar-refractivity contribution is -0.113. The molecule has 146 valence electrons. The third kappa shape index (κ3) is 4.07. The van der Waals surface area contributed by atoms with Crippen LogP contribution in [0.15, 0.2) is 66.1 Å². The SMILES string of the molecule is COc1ccccc1NC(=O)CSc1ncnc2c(-c3cccc(F)c3)c[nH]c12. The smallest absolute Gasteiger partial charge is 0.234 e. The molecule has 0 aliphatic carbocycles. The Labute approximate surface area is 170 Å². The second kappa shape index (κ2) is 8.32. The number of amides is 1. The van der Waals surface area contributed by atoms with Crippen LogP contribution in [0.1, 0.15) is 0 Å². The molecular weight excluding hydrogens is 391 g/mol. The first-order chi connectivity index (χ1) is 14.2. The minimum absolute atomic E-state index is 0.165. The van der Waals surface area contributed by atoms with Crippen LogP contribution in [0.3, 0.4) is 0 Å². The van der Waals surface area contributed by atoms with Crippen molar-refractivity contribution in [1.29, 1.82) is 0 Å². The molecule has 6 nitrogen and oxygen atoms in total. The van der Waals surface area contributed by atoms with Crippen molar-refractivity contribution in [2.75, 3.05) is 18.2 Å². The van der Waals surface area contributed by atoms with Gasteiger partial charge in [0.05, 0.1) is 24.1 Å². The highest BCUT2D eigenvalue weighted by Gasteiger charge is 2.14. The quantitative estimate of drug-likeness (QED) is 0.363. The molecule has 0 spiro atoms. The van der Waals surface area contributed by atoms with E-state index in [2.05, 4.69) is 20.3 Å². The molecule has 0 atom stereocenters. The monoisotopic (exact) mass is 408 g/mol. The molecule has 1 amide bonds. The summed E-state index contributed by atoms with van der Waals surface area (Å²) >= 11 is 1.29. The van der Waals surface area contributed by atoms with Crippen molar-refractivity contribution < 1.29 is 13.9 Å². The Balaban J connectivity index is 1.52. The first kappa shape index (κ1) is 18.9. The third-order valence-corrected chi connectivity index (χ3v) is 5.27. The summed E-state index contributed by atoms with van der Waals surface area (Å²) in [7, 11) is 1.55. The highest BCUT2D eigenvalue weighted by Crippen LogP contribution is 2.32. The van der Waals surface area contributed by atoms with E-state index in [1.165, 1.54) is 30.2 Å². The molecule has 4 aromatic rings. The molecule has 0 bridgehead atoms. The normalized spacial score (nSPS) is 10.8. The number of aromatic amines is 1. The van der Waals surface area contributed by atoms with Crippen LogP contribution in [-0.4, -0.2) is 33.7 Å². The van der Waals surface area contributed by atoms with Gasteiger partial charge >= 0.3 is 0 Å². The second-order valence-electron chi connectivity index (χ2n) is 6.15. The highest BCUT2D eigenvalue weighted by molar-refractivity contribution is 8.00. The Kier molecular flexibility index (Phi) is 5.44. The lowest BCUT2D eigenvalue weighted by Crippen LogP contribution is -2.14. The predicted octanol–water partition coefficient (Wildman–Crippen LogP) is 4.50. The molecule has 0 saturated heterocycles. The van der Waals surface area contributed by atoms with E-state index in [4.69, 9.17) is 4.74 Å². The number of anilines is 1. The first-order valence-corrected chi connectivity index (χ1v) is 9.78. The number of rotatable bonds is 6. The van der Waals surface area contributed by atoms with Crippen LogP contribution in [0.5, 0.6) is 5.75 Å². The van der Waals surface area contributed by atoms with E-state index in [1.807, 2.05) is 18.2 Å².